The minimum absolute atomic E-state index is 0.0144. The number of para-hydroxylation sites is 1. The van der Waals surface area contributed by atoms with Gasteiger partial charge in [-0.05, 0) is 31.2 Å². The zero-order chi connectivity index (χ0) is 16.4. The molecule has 0 aliphatic heterocycles. The Hall–Kier alpha value is -2.44. The zero-order valence-corrected chi connectivity index (χ0v) is 13.2. The molecular weight excluding hydrogens is 316 g/mol. The smallest absolute Gasteiger partial charge is 0.297 e. The minimum atomic E-state index is -3.97. The maximum atomic E-state index is 12.1. The third kappa shape index (κ3) is 3.33. The second kappa shape index (κ2) is 5.98. The van der Waals surface area contributed by atoms with E-state index in [1.165, 1.54) is 12.1 Å². The molecule has 3 aromatic rings. The fourth-order valence-corrected chi connectivity index (χ4v) is 2.96. The van der Waals surface area contributed by atoms with Crippen molar-refractivity contribution >= 4 is 26.9 Å². The second-order valence-electron chi connectivity index (χ2n) is 5.10. The van der Waals surface area contributed by atoms with Crippen LogP contribution in [0.5, 0.6) is 0 Å². The molecule has 0 radical (unpaired) electrons. The summed E-state index contributed by atoms with van der Waals surface area (Å²) in [7, 11) is -3.97. The van der Waals surface area contributed by atoms with Gasteiger partial charge in [0.2, 0.25) is 5.78 Å². The van der Waals surface area contributed by atoms with Crippen LogP contribution in [0.25, 0.3) is 11.0 Å². The summed E-state index contributed by atoms with van der Waals surface area (Å²) in [6, 6.07) is 14.9. The standard InChI is InChI=1S/C17H14O5S/c1-12-6-8-14(9-7-12)23(19,20)21-11-15(18)17-10-13-4-2-3-5-16(13)22-17/h2-10H,11H2,1H3. The van der Waals surface area contributed by atoms with Gasteiger partial charge in [0, 0.05) is 5.39 Å². The number of benzene rings is 2. The summed E-state index contributed by atoms with van der Waals surface area (Å²) in [4.78, 5) is 12.1. The molecule has 6 heteroatoms. The van der Waals surface area contributed by atoms with Crippen molar-refractivity contribution in [2.24, 2.45) is 0 Å². The van der Waals surface area contributed by atoms with Gasteiger partial charge in [-0.25, -0.2) is 0 Å². The largest absolute Gasteiger partial charge is 0.453 e. The quantitative estimate of drug-likeness (QED) is 0.530. The summed E-state index contributed by atoms with van der Waals surface area (Å²) in [6.45, 7) is 1.25. The van der Waals surface area contributed by atoms with Crippen LogP contribution >= 0.6 is 0 Å². The van der Waals surface area contributed by atoms with Crippen molar-refractivity contribution in [3.8, 4) is 0 Å². The van der Waals surface area contributed by atoms with Crippen LogP contribution in [0.2, 0.25) is 0 Å². The van der Waals surface area contributed by atoms with E-state index in [0.29, 0.717) is 5.58 Å². The number of carbonyl (C=O) groups excluding carboxylic acids is 1. The van der Waals surface area contributed by atoms with Gasteiger partial charge >= 0.3 is 0 Å². The number of hydrogen-bond donors (Lipinski definition) is 0. The van der Waals surface area contributed by atoms with Crippen LogP contribution in [0.3, 0.4) is 0 Å². The molecule has 0 saturated heterocycles. The highest BCUT2D eigenvalue weighted by molar-refractivity contribution is 7.86. The summed E-state index contributed by atoms with van der Waals surface area (Å²) in [5.74, 6) is -0.456. The molecule has 2 aromatic carbocycles. The molecule has 0 atom stereocenters. The average molecular weight is 330 g/mol. The third-order valence-electron chi connectivity index (χ3n) is 3.36. The molecule has 0 aliphatic carbocycles. The van der Waals surface area contributed by atoms with E-state index in [-0.39, 0.29) is 10.7 Å². The highest BCUT2D eigenvalue weighted by Gasteiger charge is 2.19. The highest BCUT2D eigenvalue weighted by atomic mass is 32.2. The van der Waals surface area contributed by atoms with Gasteiger partial charge in [-0.1, -0.05) is 35.9 Å². The maximum Gasteiger partial charge on any atom is 0.297 e. The zero-order valence-electron chi connectivity index (χ0n) is 12.4. The molecule has 0 N–H and O–H groups in total. The van der Waals surface area contributed by atoms with Gasteiger partial charge in [0.15, 0.2) is 5.76 Å². The molecule has 118 valence electrons. The van der Waals surface area contributed by atoms with Gasteiger partial charge in [0.1, 0.15) is 12.2 Å². The summed E-state index contributed by atoms with van der Waals surface area (Å²) >= 11 is 0. The Bertz CT molecular complexity index is 919. The normalized spacial score (nSPS) is 11.7. The summed E-state index contributed by atoms with van der Waals surface area (Å²) < 4.78 is 34.3. The summed E-state index contributed by atoms with van der Waals surface area (Å²) in [5.41, 5.74) is 1.50. The van der Waals surface area contributed by atoms with Crippen molar-refractivity contribution in [1.29, 1.82) is 0 Å². The predicted molar refractivity (Wildman–Crippen MR) is 84.9 cm³/mol. The van der Waals surface area contributed by atoms with Crippen LogP contribution in [0, 0.1) is 6.92 Å². The molecule has 5 nitrogen and oxygen atoms in total. The highest BCUT2D eigenvalue weighted by Crippen LogP contribution is 2.20. The van der Waals surface area contributed by atoms with Gasteiger partial charge in [0.25, 0.3) is 10.1 Å². The lowest BCUT2D eigenvalue weighted by Gasteiger charge is -2.04. The number of aryl methyl sites for hydroxylation is 1. The van der Waals surface area contributed by atoms with E-state index in [9.17, 15) is 13.2 Å². The number of furan rings is 1. The lowest BCUT2D eigenvalue weighted by Crippen LogP contribution is -2.14. The maximum absolute atomic E-state index is 12.1. The number of fused-ring (bicyclic) bond motifs is 1. The Morgan fingerprint density at radius 1 is 1.09 bits per heavy atom. The SMILES string of the molecule is Cc1ccc(S(=O)(=O)OCC(=O)c2cc3ccccc3o2)cc1. The Morgan fingerprint density at radius 2 is 1.78 bits per heavy atom. The summed E-state index contributed by atoms with van der Waals surface area (Å²) in [6.07, 6.45) is 0. The molecule has 0 unspecified atom stereocenters. The Balaban J connectivity index is 1.74. The van der Waals surface area contributed by atoms with E-state index in [1.54, 1.807) is 36.4 Å². The van der Waals surface area contributed by atoms with Gasteiger partial charge < -0.3 is 4.42 Å². The van der Waals surface area contributed by atoms with Crippen molar-refractivity contribution in [1.82, 2.24) is 0 Å². The first-order valence-electron chi connectivity index (χ1n) is 6.93. The molecule has 3 rings (SSSR count). The van der Waals surface area contributed by atoms with E-state index in [1.807, 2.05) is 13.0 Å². The van der Waals surface area contributed by atoms with Crippen LogP contribution in [0.4, 0.5) is 0 Å². The topological polar surface area (TPSA) is 73.6 Å². The molecule has 0 fully saturated rings. The molecule has 23 heavy (non-hydrogen) atoms. The Labute approximate surface area is 133 Å². The first kappa shape index (κ1) is 15.5. The van der Waals surface area contributed by atoms with Crippen molar-refractivity contribution < 1.29 is 21.8 Å². The van der Waals surface area contributed by atoms with Crippen LogP contribution in [-0.4, -0.2) is 20.8 Å². The molecule has 0 aliphatic rings. The van der Waals surface area contributed by atoms with E-state index in [4.69, 9.17) is 8.60 Å². The first-order valence-corrected chi connectivity index (χ1v) is 8.34. The molecule has 1 aromatic heterocycles. The molecule has 0 bridgehead atoms. The van der Waals surface area contributed by atoms with Gasteiger partial charge in [0.05, 0.1) is 4.90 Å². The molecule has 1 heterocycles. The van der Waals surface area contributed by atoms with Crippen molar-refractivity contribution in [2.75, 3.05) is 6.61 Å². The summed E-state index contributed by atoms with van der Waals surface area (Å²) in [5, 5.41) is 0.775. The van der Waals surface area contributed by atoms with Gasteiger partial charge in [-0.2, -0.15) is 8.42 Å². The van der Waals surface area contributed by atoms with Crippen LogP contribution in [0.1, 0.15) is 16.1 Å². The lowest BCUT2D eigenvalue weighted by atomic mass is 10.2. The predicted octanol–water partition coefficient (Wildman–Crippen LogP) is 3.33. The fraction of sp³-hybridized carbons (Fsp3) is 0.118. The fourth-order valence-electron chi connectivity index (χ4n) is 2.09. The van der Waals surface area contributed by atoms with Crippen molar-refractivity contribution in [3.63, 3.8) is 0 Å². The average Bonchev–Trinajstić information content (AvgIpc) is 2.97. The Kier molecular flexibility index (Phi) is 4.02. The van der Waals surface area contributed by atoms with Gasteiger partial charge in [-0.3, -0.25) is 8.98 Å². The van der Waals surface area contributed by atoms with Crippen LogP contribution in [-0.2, 0) is 14.3 Å². The Morgan fingerprint density at radius 3 is 2.48 bits per heavy atom. The van der Waals surface area contributed by atoms with E-state index >= 15 is 0 Å². The van der Waals surface area contributed by atoms with Crippen LogP contribution in [0.15, 0.2) is 63.9 Å². The monoisotopic (exact) mass is 330 g/mol. The first-order chi connectivity index (χ1) is 11.0. The lowest BCUT2D eigenvalue weighted by molar-refractivity contribution is 0.0899. The number of Topliss-reactive ketones (excluding diaryl/α,β-unsaturated/α-hetero) is 1. The van der Waals surface area contributed by atoms with Crippen molar-refractivity contribution in [3.05, 3.63) is 65.9 Å². The van der Waals surface area contributed by atoms with Gasteiger partial charge in [-0.15, -0.1) is 0 Å². The van der Waals surface area contributed by atoms with E-state index < -0.39 is 22.5 Å². The second-order valence-corrected chi connectivity index (χ2v) is 6.72. The minimum Gasteiger partial charge on any atom is -0.453 e. The molecule has 0 amide bonds. The molecule has 0 saturated carbocycles. The van der Waals surface area contributed by atoms with E-state index in [0.717, 1.165) is 10.9 Å². The molecular formula is C17H14O5S. The number of carbonyl (C=O) groups is 1. The van der Waals surface area contributed by atoms with E-state index in [2.05, 4.69) is 0 Å². The number of ketones is 1. The number of hydrogen-bond acceptors (Lipinski definition) is 5. The third-order valence-corrected chi connectivity index (χ3v) is 4.63. The van der Waals surface area contributed by atoms with Crippen LogP contribution < -0.4 is 0 Å². The molecule has 0 spiro atoms. The van der Waals surface area contributed by atoms with Crippen molar-refractivity contribution in [2.45, 2.75) is 11.8 Å². The number of rotatable bonds is 5.